The number of hydrogen-bond acceptors (Lipinski definition) is 5. The van der Waals surface area contributed by atoms with Crippen LogP contribution in [0, 0.1) is 6.92 Å². The van der Waals surface area contributed by atoms with Gasteiger partial charge in [-0.3, -0.25) is 9.69 Å². The lowest BCUT2D eigenvalue weighted by Crippen LogP contribution is -2.47. The van der Waals surface area contributed by atoms with Crippen LogP contribution in [0.15, 0.2) is 48.5 Å². The molecule has 0 saturated carbocycles. The van der Waals surface area contributed by atoms with Crippen molar-refractivity contribution in [2.75, 3.05) is 6.61 Å². The van der Waals surface area contributed by atoms with E-state index in [1.807, 2.05) is 55.5 Å². The van der Waals surface area contributed by atoms with Crippen LogP contribution >= 0.6 is 0 Å². The Morgan fingerprint density at radius 3 is 2.61 bits per heavy atom. The molecule has 1 atom stereocenters. The zero-order valence-corrected chi connectivity index (χ0v) is 15.3. The number of benzene rings is 2. The van der Waals surface area contributed by atoms with Gasteiger partial charge >= 0.3 is 6.03 Å². The molecular weight excluding hydrogens is 356 g/mol. The third-order valence-electron chi connectivity index (χ3n) is 5.41. The van der Waals surface area contributed by atoms with Gasteiger partial charge in [-0.2, -0.15) is 0 Å². The van der Waals surface area contributed by atoms with Gasteiger partial charge in [-0.25, -0.2) is 14.8 Å². The van der Waals surface area contributed by atoms with Crippen molar-refractivity contribution in [3.05, 3.63) is 65.5 Å². The molecule has 2 aliphatic heterocycles. The number of aryl methyl sites for hydroxylation is 1. The van der Waals surface area contributed by atoms with Gasteiger partial charge in [-0.05, 0) is 25.1 Å². The molecule has 0 radical (unpaired) electrons. The Hall–Kier alpha value is -3.48. The molecule has 3 heterocycles. The first-order valence-corrected chi connectivity index (χ1v) is 9.17. The van der Waals surface area contributed by atoms with Crippen LogP contribution < -0.4 is 10.1 Å². The number of ether oxygens (including phenoxy) is 1. The molecule has 1 aromatic heterocycles. The van der Waals surface area contributed by atoms with Crippen LogP contribution in [0.4, 0.5) is 4.79 Å². The summed E-state index contributed by atoms with van der Waals surface area (Å²) in [6.45, 7) is 2.29. The molecule has 3 aromatic rings. The van der Waals surface area contributed by atoms with Gasteiger partial charge in [0.2, 0.25) is 0 Å². The highest BCUT2D eigenvalue weighted by molar-refractivity contribution is 6.07. The summed E-state index contributed by atoms with van der Waals surface area (Å²) in [6, 6.07) is 14.5. The average Bonchev–Trinajstić information content (AvgIpc) is 2.93. The Labute approximate surface area is 161 Å². The molecule has 2 aliphatic rings. The molecule has 7 nitrogen and oxygen atoms in total. The number of amides is 3. The Bertz CT molecular complexity index is 1130. The van der Waals surface area contributed by atoms with Crippen molar-refractivity contribution in [1.29, 1.82) is 0 Å². The van der Waals surface area contributed by atoms with Crippen molar-refractivity contribution in [2.24, 2.45) is 0 Å². The highest BCUT2D eigenvalue weighted by Gasteiger charge is 2.54. The molecule has 0 unspecified atom stereocenters. The number of nitrogens with one attached hydrogen (secondary N) is 1. The van der Waals surface area contributed by atoms with Gasteiger partial charge < -0.3 is 10.1 Å². The zero-order valence-electron chi connectivity index (χ0n) is 15.3. The van der Waals surface area contributed by atoms with Crippen LogP contribution in [0.1, 0.15) is 23.4 Å². The van der Waals surface area contributed by atoms with Crippen LogP contribution in [-0.2, 0) is 16.9 Å². The van der Waals surface area contributed by atoms with E-state index in [2.05, 4.69) is 15.3 Å². The molecule has 140 valence electrons. The second-order valence-corrected chi connectivity index (χ2v) is 7.07. The molecule has 7 heteroatoms. The lowest BCUT2D eigenvalue weighted by Gasteiger charge is -2.33. The Morgan fingerprint density at radius 1 is 1.07 bits per heavy atom. The zero-order chi connectivity index (χ0) is 19.3. The third kappa shape index (κ3) is 2.36. The summed E-state index contributed by atoms with van der Waals surface area (Å²) >= 11 is 0. The van der Waals surface area contributed by atoms with Gasteiger partial charge in [-0.15, -0.1) is 0 Å². The van der Waals surface area contributed by atoms with Crippen LogP contribution in [-0.4, -0.2) is 33.4 Å². The quantitative estimate of drug-likeness (QED) is 0.697. The average molecular weight is 374 g/mol. The molecule has 0 aliphatic carbocycles. The number of fused-ring (bicyclic) bond motifs is 3. The first-order valence-electron chi connectivity index (χ1n) is 9.17. The van der Waals surface area contributed by atoms with Crippen molar-refractivity contribution >= 4 is 23.0 Å². The molecule has 5 rings (SSSR count). The maximum atomic E-state index is 13.4. The van der Waals surface area contributed by atoms with Crippen LogP contribution in [0.3, 0.4) is 0 Å². The summed E-state index contributed by atoms with van der Waals surface area (Å²) in [7, 11) is 0. The predicted molar refractivity (Wildman–Crippen MR) is 102 cm³/mol. The number of para-hydroxylation sites is 3. The second-order valence-electron chi connectivity index (χ2n) is 7.07. The number of carbonyl (C=O) groups excluding carboxylic acids is 2. The number of nitrogens with zero attached hydrogens (tertiary/aromatic N) is 3. The molecule has 1 saturated heterocycles. The number of urea groups is 1. The third-order valence-corrected chi connectivity index (χ3v) is 5.41. The number of rotatable bonds is 2. The normalized spacial score (nSPS) is 21.0. The van der Waals surface area contributed by atoms with Gasteiger partial charge in [0, 0.05) is 12.0 Å². The maximum Gasteiger partial charge on any atom is 0.325 e. The first kappa shape index (κ1) is 16.7. The fourth-order valence-corrected chi connectivity index (χ4v) is 3.94. The molecular formula is C21H18N4O3. The molecule has 1 fully saturated rings. The monoisotopic (exact) mass is 374 g/mol. The minimum absolute atomic E-state index is 0.0824. The van der Waals surface area contributed by atoms with Crippen LogP contribution in [0.25, 0.3) is 11.0 Å². The lowest BCUT2D eigenvalue weighted by molar-refractivity contribution is -0.133. The first-order chi connectivity index (χ1) is 13.6. The van der Waals surface area contributed by atoms with Gasteiger partial charge in [-0.1, -0.05) is 30.3 Å². The molecule has 3 amide bonds. The number of hydrogen-bond donors (Lipinski definition) is 1. The summed E-state index contributed by atoms with van der Waals surface area (Å²) in [4.78, 5) is 36.5. The van der Waals surface area contributed by atoms with E-state index in [9.17, 15) is 9.59 Å². The summed E-state index contributed by atoms with van der Waals surface area (Å²) in [6.07, 6.45) is 0.396. The van der Waals surface area contributed by atoms with Gasteiger partial charge in [0.15, 0.2) is 5.54 Å². The molecule has 28 heavy (non-hydrogen) atoms. The number of carbonyl (C=O) groups is 2. The van der Waals surface area contributed by atoms with Crippen molar-refractivity contribution in [3.63, 3.8) is 0 Å². The second kappa shape index (κ2) is 6.02. The fraction of sp³-hybridized carbons (Fsp3) is 0.238. The van der Waals surface area contributed by atoms with Crippen LogP contribution in [0.5, 0.6) is 5.75 Å². The summed E-state index contributed by atoms with van der Waals surface area (Å²) in [5.41, 5.74) is 2.46. The maximum absolute atomic E-state index is 13.4. The van der Waals surface area contributed by atoms with E-state index in [0.29, 0.717) is 35.7 Å². The van der Waals surface area contributed by atoms with E-state index < -0.39 is 11.6 Å². The minimum Gasteiger partial charge on any atom is -0.493 e. The SMILES string of the molecule is Cc1nc2ccccc2nc1CN1C(=O)N[C@@]2(CCOc3ccccc32)C1=O. The molecule has 1 spiro atoms. The van der Waals surface area contributed by atoms with E-state index in [1.54, 1.807) is 0 Å². The van der Waals surface area contributed by atoms with Crippen molar-refractivity contribution < 1.29 is 14.3 Å². The summed E-state index contributed by atoms with van der Waals surface area (Å²) in [5, 5.41) is 2.91. The van der Waals surface area contributed by atoms with E-state index in [-0.39, 0.29) is 12.5 Å². The standard InChI is InChI=1S/C21H18N4O3/c1-13-17(23-16-8-4-3-7-15(16)22-13)12-25-19(26)21(24-20(25)27)10-11-28-18-9-5-2-6-14(18)21/h2-9H,10-12H2,1H3,(H,24,27)/t21-/m1/s1. The predicted octanol–water partition coefficient (Wildman–Crippen LogP) is 2.67. The Balaban J connectivity index is 1.52. The number of aromatic nitrogens is 2. The number of imide groups is 1. The van der Waals surface area contributed by atoms with E-state index >= 15 is 0 Å². The van der Waals surface area contributed by atoms with Gasteiger partial charge in [0.25, 0.3) is 5.91 Å². The Kier molecular flexibility index (Phi) is 3.58. The summed E-state index contributed by atoms with van der Waals surface area (Å²) in [5.74, 6) is 0.355. The minimum atomic E-state index is -1.08. The van der Waals surface area contributed by atoms with E-state index in [1.165, 1.54) is 4.90 Å². The topological polar surface area (TPSA) is 84.4 Å². The van der Waals surface area contributed by atoms with Gasteiger partial charge in [0.05, 0.1) is 35.6 Å². The molecule has 0 bridgehead atoms. The highest BCUT2D eigenvalue weighted by atomic mass is 16.5. The van der Waals surface area contributed by atoms with E-state index in [4.69, 9.17) is 4.74 Å². The van der Waals surface area contributed by atoms with Crippen molar-refractivity contribution in [3.8, 4) is 5.75 Å². The molecule has 1 N–H and O–H groups in total. The smallest absolute Gasteiger partial charge is 0.325 e. The van der Waals surface area contributed by atoms with Gasteiger partial charge in [0.1, 0.15) is 5.75 Å². The van der Waals surface area contributed by atoms with E-state index in [0.717, 1.165) is 11.0 Å². The van der Waals surface area contributed by atoms with Crippen LogP contribution in [0.2, 0.25) is 0 Å². The molecule has 2 aromatic carbocycles. The Morgan fingerprint density at radius 2 is 1.79 bits per heavy atom. The fourth-order valence-electron chi connectivity index (χ4n) is 3.94. The highest BCUT2D eigenvalue weighted by Crippen LogP contribution is 2.41. The summed E-state index contributed by atoms with van der Waals surface area (Å²) < 4.78 is 5.67. The van der Waals surface area contributed by atoms with Crippen molar-refractivity contribution in [1.82, 2.24) is 20.2 Å². The lowest BCUT2D eigenvalue weighted by atomic mass is 9.84. The largest absolute Gasteiger partial charge is 0.493 e. The van der Waals surface area contributed by atoms with Crippen molar-refractivity contribution in [2.45, 2.75) is 25.4 Å².